The highest BCUT2D eigenvalue weighted by molar-refractivity contribution is 9.09. The Morgan fingerprint density at radius 1 is 1.31 bits per heavy atom. The van der Waals surface area contributed by atoms with Crippen molar-refractivity contribution in [2.75, 3.05) is 11.9 Å². The molecular weight excluding hydrogens is 276 g/mol. The van der Waals surface area contributed by atoms with Crippen molar-refractivity contribution in [2.24, 2.45) is 0 Å². The summed E-state index contributed by atoms with van der Waals surface area (Å²) in [6, 6.07) is 6.46. The summed E-state index contributed by atoms with van der Waals surface area (Å²) >= 11 is 2.97. The normalized spacial score (nSPS) is 9.62. The zero-order valence-electron chi connectivity index (χ0n) is 8.73. The molecule has 0 heterocycles. The van der Waals surface area contributed by atoms with Crippen LogP contribution in [0.4, 0.5) is 0 Å². The number of rotatable bonds is 4. The Kier molecular flexibility index (Phi) is 4.98. The van der Waals surface area contributed by atoms with E-state index in [1.165, 1.54) is 0 Å². The maximum absolute atomic E-state index is 11.5. The highest BCUT2D eigenvalue weighted by Crippen LogP contribution is 2.19. The molecular formula is C11H11BrO4. The van der Waals surface area contributed by atoms with Crippen molar-refractivity contribution in [1.29, 1.82) is 0 Å². The van der Waals surface area contributed by atoms with E-state index in [-0.39, 0.29) is 23.2 Å². The smallest absolute Gasteiger partial charge is 0.341 e. The van der Waals surface area contributed by atoms with Crippen LogP contribution in [0.3, 0.4) is 0 Å². The molecule has 0 aliphatic rings. The summed E-state index contributed by atoms with van der Waals surface area (Å²) in [5.41, 5.74) is 0.249. The van der Waals surface area contributed by atoms with Crippen molar-refractivity contribution in [2.45, 2.75) is 6.92 Å². The molecule has 16 heavy (non-hydrogen) atoms. The van der Waals surface area contributed by atoms with Crippen LogP contribution >= 0.6 is 15.9 Å². The minimum absolute atomic E-state index is 0.0736. The van der Waals surface area contributed by atoms with Gasteiger partial charge in [0.05, 0.1) is 6.61 Å². The molecule has 0 aliphatic heterocycles. The Morgan fingerprint density at radius 2 is 2.00 bits per heavy atom. The van der Waals surface area contributed by atoms with Crippen molar-refractivity contribution in [3.63, 3.8) is 0 Å². The Labute approximate surface area is 102 Å². The lowest BCUT2D eigenvalue weighted by molar-refractivity contribution is -0.131. The van der Waals surface area contributed by atoms with E-state index in [9.17, 15) is 9.59 Å². The lowest BCUT2D eigenvalue weighted by Gasteiger charge is -2.07. The van der Waals surface area contributed by atoms with Crippen molar-refractivity contribution in [3.8, 4) is 5.75 Å². The van der Waals surface area contributed by atoms with Gasteiger partial charge in [-0.2, -0.15) is 0 Å². The van der Waals surface area contributed by atoms with E-state index in [4.69, 9.17) is 9.47 Å². The van der Waals surface area contributed by atoms with Gasteiger partial charge >= 0.3 is 11.9 Å². The molecule has 0 spiro atoms. The van der Waals surface area contributed by atoms with Gasteiger partial charge in [0.25, 0.3) is 0 Å². The lowest BCUT2D eigenvalue weighted by Crippen LogP contribution is -2.13. The van der Waals surface area contributed by atoms with Gasteiger partial charge in [-0.15, -0.1) is 0 Å². The van der Waals surface area contributed by atoms with Crippen LogP contribution in [0.15, 0.2) is 24.3 Å². The first-order valence-corrected chi connectivity index (χ1v) is 5.84. The van der Waals surface area contributed by atoms with E-state index in [1.807, 2.05) is 0 Å². The fraction of sp³-hybridized carbons (Fsp3) is 0.273. The van der Waals surface area contributed by atoms with Gasteiger partial charge in [-0.25, -0.2) is 4.79 Å². The maximum Gasteiger partial charge on any atom is 0.341 e. The second-order valence-electron chi connectivity index (χ2n) is 2.82. The van der Waals surface area contributed by atoms with Crippen molar-refractivity contribution < 1.29 is 19.1 Å². The summed E-state index contributed by atoms with van der Waals surface area (Å²) < 4.78 is 9.82. The SMILES string of the molecule is CCOC(=O)c1ccccc1OC(=O)CBr. The van der Waals surface area contributed by atoms with E-state index < -0.39 is 11.9 Å². The number of alkyl halides is 1. The fourth-order valence-corrected chi connectivity index (χ4v) is 1.20. The maximum atomic E-state index is 11.5. The summed E-state index contributed by atoms with van der Waals surface area (Å²) in [6.45, 7) is 1.99. The molecule has 4 nitrogen and oxygen atoms in total. The van der Waals surface area contributed by atoms with Gasteiger partial charge in [0.2, 0.25) is 0 Å². The third kappa shape index (κ3) is 3.34. The van der Waals surface area contributed by atoms with Gasteiger partial charge in [0, 0.05) is 0 Å². The summed E-state index contributed by atoms with van der Waals surface area (Å²) in [4.78, 5) is 22.6. The fourth-order valence-electron chi connectivity index (χ4n) is 1.08. The molecule has 86 valence electrons. The first-order valence-electron chi connectivity index (χ1n) is 4.71. The minimum Gasteiger partial charge on any atom is -0.462 e. The summed E-state index contributed by atoms with van der Waals surface area (Å²) in [6.07, 6.45) is 0. The van der Waals surface area contributed by atoms with Crippen LogP contribution in [0.2, 0.25) is 0 Å². The molecule has 0 atom stereocenters. The molecule has 1 aromatic rings. The summed E-state index contributed by atoms with van der Waals surface area (Å²) in [5, 5.41) is 0.0736. The molecule has 0 bridgehead atoms. The Bertz CT molecular complexity index is 389. The van der Waals surface area contributed by atoms with Crippen LogP contribution in [-0.2, 0) is 9.53 Å². The molecule has 0 fully saturated rings. The van der Waals surface area contributed by atoms with Gasteiger partial charge in [-0.05, 0) is 19.1 Å². The highest BCUT2D eigenvalue weighted by Gasteiger charge is 2.14. The Balaban J connectivity index is 2.91. The van der Waals surface area contributed by atoms with Crippen LogP contribution < -0.4 is 4.74 Å². The summed E-state index contributed by atoms with van der Waals surface area (Å²) in [5.74, 6) is -0.748. The molecule has 5 heteroatoms. The number of para-hydroxylation sites is 1. The minimum atomic E-state index is -0.500. The van der Waals surface area contributed by atoms with Crippen molar-refractivity contribution >= 4 is 27.9 Å². The lowest BCUT2D eigenvalue weighted by atomic mass is 10.2. The Hall–Kier alpha value is -1.36. The quantitative estimate of drug-likeness (QED) is 0.484. The number of benzene rings is 1. The average molecular weight is 287 g/mol. The number of carbonyl (C=O) groups excluding carboxylic acids is 2. The number of hydrogen-bond acceptors (Lipinski definition) is 4. The standard InChI is InChI=1S/C11H11BrO4/c1-2-15-11(14)8-5-3-4-6-9(8)16-10(13)7-12/h3-6H,2,7H2,1H3. The average Bonchev–Trinajstić information content (AvgIpc) is 2.30. The van der Waals surface area contributed by atoms with E-state index in [2.05, 4.69) is 15.9 Å². The molecule has 1 rings (SSSR count). The second-order valence-corrected chi connectivity index (χ2v) is 3.39. The highest BCUT2D eigenvalue weighted by atomic mass is 79.9. The number of hydrogen-bond donors (Lipinski definition) is 0. The predicted octanol–water partition coefficient (Wildman–Crippen LogP) is 2.16. The van der Waals surface area contributed by atoms with Crippen LogP contribution in [0.25, 0.3) is 0 Å². The van der Waals surface area contributed by atoms with E-state index >= 15 is 0 Å². The van der Waals surface area contributed by atoms with Crippen LogP contribution in [0, 0.1) is 0 Å². The predicted molar refractivity (Wildman–Crippen MR) is 61.8 cm³/mol. The monoisotopic (exact) mass is 286 g/mol. The molecule has 1 aromatic carbocycles. The van der Waals surface area contributed by atoms with Gasteiger partial charge in [-0.1, -0.05) is 28.1 Å². The van der Waals surface area contributed by atoms with E-state index in [0.29, 0.717) is 0 Å². The third-order valence-corrected chi connectivity index (χ3v) is 2.17. The molecule has 0 saturated heterocycles. The zero-order chi connectivity index (χ0) is 12.0. The van der Waals surface area contributed by atoms with Crippen molar-refractivity contribution in [3.05, 3.63) is 29.8 Å². The largest absolute Gasteiger partial charge is 0.462 e. The van der Waals surface area contributed by atoms with E-state index in [0.717, 1.165) is 0 Å². The first kappa shape index (κ1) is 12.7. The topological polar surface area (TPSA) is 52.6 Å². The van der Waals surface area contributed by atoms with Gasteiger partial charge in [0.15, 0.2) is 0 Å². The van der Waals surface area contributed by atoms with Gasteiger partial charge in [0.1, 0.15) is 16.6 Å². The molecule has 0 unspecified atom stereocenters. The third-order valence-electron chi connectivity index (χ3n) is 1.72. The van der Waals surface area contributed by atoms with Crippen molar-refractivity contribution in [1.82, 2.24) is 0 Å². The van der Waals surface area contributed by atoms with Crippen LogP contribution in [0.1, 0.15) is 17.3 Å². The number of carbonyl (C=O) groups is 2. The van der Waals surface area contributed by atoms with Gasteiger partial charge in [-0.3, -0.25) is 4.79 Å². The van der Waals surface area contributed by atoms with Crippen LogP contribution in [-0.4, -0.2) is 23.9 Å². The molecule has 0 N–H and O–H groups in total. The number of ether oxygens (including phenoxy) is 2. The van der Waals surface area contributed by atoms with Crippen LogP contribution in [0.5, 0.6) is 5.75 Å². The second kappa shape index (κ2) is 6.27. The number of halogens is 1. The first-order chi connectivity index (χ1) is 7.69. The Morgan fingerprint density at radius 3 is 2.62 bits per heavy atom. The van der Waals surface area contributed by atoms with E-state index in [1.54, 1.807) is 31.2 Å². The molecule has 0 aromatic heterocycles. The molecule has 0 aliphatic carbocycles. The number of esters is 2. The zero-order valence-corrected chi connectivity index (χ0v) is 10.3. The molecule has 0 saturated carbocycles. The molecule has 0 radical (unpaired) electrons. The summed E-state index contributed by atoms with van der Waals surface area (Å²) in [7, 11) is 0. The van der Waals surface area contributed by atoms with Gasteiger partial charge < -0.3 is 9.47 Å². The molecule has 0 amide bonds.